The largest absolute Gasteiger partial charge is 0.496 e. The molecule has 1 aliphatic carbocycles. The first-order valence-electron chi connectivity index (χ1n) is 10.5. The average molecular weight is 379 g/mol. The second kappa shape index (κ2) is 8.78. The molecule has 0 spiro atoms. The first kappa shape index (κ1) is 19.0. The zero-order valence-electron chi connectivity index (χ0n) is 16.7. The number of Topliss-reactive ketones (excluding diaryl/α,β-unsaturated/α-hetero) is 1. The fraction of sp³-hybridized carbons (Fsp3) is 0.458. The average Bonchev–Trinajstić information content (AvgIpc) is 2.73. The topological polar surface area (TPSA) is 50.4 Å². The van der Waals surface area contributed by atoms with Crippen molar-refractivity contribution in [3.05, 3.63) is 58.7 Å². The Morgan fingerprint density at radius 2 is 2.11 bits per heavy atom. The summed E-state index contributed by atoms with van der Waals surface area (Å²) in [5.74, 6) is 1.93. The molecule has 0 aromatic heterocycles. The Labute approximate surface area is 167 Å². The fourth-order valence-electron chi connectivity index (χ4n) is 4.62. The summed E-state index contributed by atoms with van der Waals surface area (Å²) in [6, 6.07) is 12.7. The molecule has 1 atom stereocenters. The third-order valence-corrected chi connectivity index (χ3v) is 6.12. The molecule has 4 nitrogen and oxygen atoms in total. The van der Waals surface area contributed by atoms with Crippen molar-refractivity contribution in [2.45, 2.75) is 44.4 Å². The number of nitrogens with one attached hydrogen (secondary N) is 2. The SMILES string of the molecule is COc1cccc2c1CCCC2CCNCCc1ccc2c(c1)C(=O)CCN2. The molecule has 4 rings (SSSR count). The van der Waals surface area contributed by atoms with E-state index in [2.05, 4.69) is 41.0 Å². The van der Waals surface area contributed by atoms with Crippen LogP contribution in [0.4, 0.5) is 5.69 Å². The van der Waals surface area contributed by atoms with Crippen molar-refractivity contribution in [3.63, 3.8) is 0 Å². The molecule has 1 aliphatic heterocycles. The van der Waals surface area contributed by atoms with E-state index in [9.17, 15) is 4.79 Å². The highest BCUT2D eigenvalue weighted by Crippen LogP contribution is 2.38. The Kier molecular flexibility index (Phi) is 5.96. The van der Waals surface area contributed by atoms with E-state index >= 15 is 0 Å². The summed E-state index contributed by atoms with van der Waals surface area (Å²) < 4.78 is 5.56. The molecule has 0 saturated carbocycles. The highest BCUT2D eigenvalue weighted by atomic mass is 16.5. The minimum Gasteiger partial charge on any atom is -0.496 e. The molecule has 2 aliphatic rings. The van der Waals surface area contributed by atoms with Gasteiger partial charge < -0.3 is 15.4 Å². The van der Waals surface area contributed by atoms with Crippen LogP contribution in [0.15, 0.2) is 36.4 Å². The summed E-state index contributed by atoms with van der Waals surface area (Å²) in [4.78, 5) is 12.1. The first-order chi connectivity index (χ1) is 13.8. The molecule has 0 saturated heterocycles. The van der Waals surface area contributed by atoms with E-state index in [1.807, 2.05) is 6.07 Å². The van der Waals surface area contributed by atoms with Crippen molar-refractivity contribution in [1.82, 2.24) is 5.32 Å². The quantitative estimate of drug-likeness (QED) is 0.704. The Bertz CT molecular complexity index is 846. The van der Waals surface area contributed by atoms with Crippen LogP contribution in [0.1, 0.15) is 58.6 Å². The molecule has 1 unspecified atom stereocenters. The van der Waals surface area contributed by atoms with Gasteiger partial charge in [-0.2, -0.15) is 0 Å². The van der Waals surface area contributed by atoms with Gasteiger partial charge in [0.25, 0.3) is 0 Å². The number of benzene rings is 2. The van der Waals surface area contributed by atoms with Gasteiger partial charge in [-0.3, -0.25) is 4.79 Å². The van der Waals surface area contributed by atoms with Crippen LogP contribution in [0.3, 0.4) is 0 Å². The maximum atomic E-state index is 12.1. The predicted molar refractivity (Wildman–Crippen MR) is 114 cm³/mol. The van der Waals surface area contributed by atoms with Crippen LogP contribution >= 0.6 is 0 Å². The highest BCUT2D eigenvalue weighted by molar-refractivity contribution is 6.03. The second-order valence-electron chi connectivity index (χ2n) is 7.89. The van der Waals surface area contributed by atoms with Gasteiger partial charge >= 0.3 is 0 Å². The van der Waals surface area contributed by atoms with Gasteiger partial charge in [0.05, 0.1) is 7.11 Å². The summed E-state index contributed by atoms with van der Waals surface area (Å²) >= 11 is 0. The maximum absolute atomic E-state index is 12.1. The van der Waals surface area contributed by atoms with Crippen molar-refractivity contribution in [2.24, 2.45) is 0 Å². The Balaban J connectivity index is 1.27. The van der Waals surface area contributed by atoms with Crippen LogP contribution < -0.4 is 15.4 Å². The van der Waals surface area contributed by atoms with Gasteiger partial charge in [-0.25, -0.2) is 0 Å². The minimum absolute atomic E-state index is 0.259. The summed E-state index contributed by atoms with van der Waals surface area (Å²) in [5, 5.41) is 6.90. The van der Waals surface area contributed by atoms with Crippen LogP contribution in [-0.4, -0.2) is 32.5 Å². The number of ketones is 1. The summed E-state index contributed by atoms with van der Waals surface area (Å²) in [5.41, 5.74) is 5.97. The zero-order chi connectivity index (χ0) is 19.3. The standard InChI is InChI=1S/C24H30N2O2/c1-28-24-7-3-5-19-18(4-2-6-20(19)24)11-14-25-13-10-17-8-9-22-21(16-17)23(27)12-15-26-22/h3,5,7-9,16,18,25-26H,2,4,6,10-15H2,1H3. The van der Waals surface area contributed by atoms with E-state index in [0.717, 1.165) is 55.9 Å². The lowest BCUT2D eigenvalue weighted by Crippen LogP contribution is -2.22. The predicted octanol–water partition coefficient (Wildman–Crippen LogP) is 4.34. The molecule has 2 aromatic rings. The van der Waals surface area contributed by atoms with Gasteiger partial charge in [-0.05, 0) is 86.0 Å². The normalized spacial score (nSPS) is 18.2. The molecule has 0 fully saturated rings. The molecule has 0 bridgehead atoms. The van der Waals surface area contributed by atoms with E-state index in [-0.39, 0.29) is 5.78 Å². The van der Waals surface area contributed by atoms with E-state index in [0.29, 0.717) is 12.3 Å². The Hall–Kier alpha value is -2.33. The third kappa shape index (κ3) is 4.07. The maximum Gasteiger partial charge on any atom is 0.166 e. The number of rotatable bonds is 7. The number of carbonyl (C=O) groups is 1. The van der Waals surface area contributed by atoms with E-state index < -0.39 is 0 Å². The number of hydrogen-bond donors (Lipinski definition) is 2. The van der Waals surface area contributed by atoms with Crippen molar-refractivity contribution >= 4 is 11.5 Å². The lowest BCUT2D eigenvalue weighted by atomic mass is 9.80. The van der Waals surface area contributed by atoms with E-state index in [1.165, 1.54) is 29.5 Å². The van der Waals surface area contributed by atoms with Crippen LogP contribution in [0.2, 0.25) is 0 Å². The minimum atomic E-state index is 0.259. The molecule has 2 aromatic carbocycles. The summed E-state index contributed by atoms with van der Waals surface area (Å²) in [7, 11) is 1.77. The number of ether oxygens (including phenoxy) is 1. The van der Waals surface area contributed by atoms with E-state index in [1.54, 1.807) is 7.11 Å². The van der Waals surface area contributed by atoms with Crippen molar-refractivity contribution in [2.75, 3.05) is 32.1 Å². The molecular weight excluding hydrogens is 348 g/mol. The van der Waals surface area contributed by atoms with Crippen LogP contribution in [0.25, 0.3) is 0 Å². The van der Waals surface area contributed by atoms with E-state index in [4.69, 9.17) is 4.74 Å². The summed E-state index contributed by atoms with van der Waals surface area (Å²) in [6.45, 7) is 2.72. The zero-order valence-corrected chi connectivity index (χ0v) is 16.7. The number of methoxy groups -OCH3 is 1. The Morgan fingerprint density at radius 1 is 1.18 bits per heavy atom. The lowest BCUT2D eigenvalue weighted by molar-refractivity contribution is 0.0983. The molecule has 2 N–H and O–H groups in total. The molecule has 0 amide bonds. The van der Waals surface area contributed by atoms with Gasteiger partial charge in [0.1, 0.15) is 5.75 Å². The first-order valence-corrected chi connectivity index (χ1v) is 10.5. The number of hydrogen-bond acceptors (Lipinski definition) is 4. The molecular formula is C24H30N2O2. The van der Waals surface area contributed by atoms with Crippen LogP contribution in [-0.2, 0) is 12.8 Å². The number of anilines is 1. The van der Waals surface area contributed by atoms with Crippen molar-refractivity contribution in [3.8, 4) is 5.75 Å². The molecule has 4 heteroatoms. The van der Waals surface area contributed by atoms with Gasteiger partial charge in [-0.15, -0.1) is 0 Å². The van der Waals surface area contributed by atoms with Crippen LogP contribution in [0.5, 0.6) is 5.75 Å². The van der Waals surface area contributed by atoms with Gasteiger partial charge in [0.15, 0.2) is 5.78 Å². The number of fused-ring (bicyclic) bond motifs is 2. The smallest absolute Gasteiger partial charge is 0.166 e. The van der Waals surface area contributed by atoms with Crippen molar-refractivity contribution in [1.29, 1.82) is 0 Å². The van der Waals surface area contributed by atoms with Gasteiger partial charge in [0, 0.05) is 24.2 Å². The molecule has 28 heavy (non-hydrogen) atoms. The third-order valence-electron chi connectivity index (χ3n) is 6.12. The highest BCUT2D eigenvalue weighted by Gasteiger charge is 2.22. The number of carbonyl (C=O) groups excluding carboxylic acids is 1. The van der Waals surface area contributed by atoms with Gasteiger partial charge in [-0.1, -0.05) is 18.2 Å². The monoisotopic (exact) mass is 378 g/mol. The van der Waals surface area contributed by atoms with Crippen LogP contribution in [0, 0.1) is 0 Å². The molecule has 148 valence electrons. The van der Waals surface area contributed by atoms with Gasteiger partial charge in [0.2, 0.25) is 0 Å². The summed E-state index contributed by atoms with van der Waals surface area (Å²) in [6.07, 6.45) is 6.36. The molecule has 1 heterocycles. The Morgan fingerprint density at radius 3 is 3.00 bits per heavy atom. The fourth-order valence-corrected chi connectivity index (χ4v) is 4.62. The molecule has 0 radical (unpaired) electrons. The van der Waals surface area contributed by atoms with Crippen molar-refractivity contribution < 1.29 is 9.53 Å². The second-order valence-corrected chi connectivity index (χ2v) is 7.89. The lowest BCUT2D eigenvalue weighted by Gasteiger charge is -2.27.